The molecular formula is C15H10F3N3O2. The third-order valence-corrected chi connectivity index (χ3v) is 3.32. The summed E-state index contributed by atoms with van der Waals surface area (Å²) in [6.07, 6.45) is -3.71. The van der Waals surface area contributed by atoms with Crippen LogP contribution in [0.2, 0.25) is 0 Å². The van der Waals surface area contributed by atoms with Crippen LogP contribution in [0.25, 0.3) is 0 Å². The highest BCUT2D eigenvalue weighted by atomic mass is 19.4. The van der Waals surface area contributed by atoms with E-state index in [0.29, 0.717) is 11.4 Å². The van der Waals surface area contributed by atoms with Crippen LogP contribution in [-0.4, -0.2) is 23.3 Å². The first-order valence-corrected chi connectivity index (χ1v) is 6.60. The van der Waals surface area contributed by atoms with Gasteiger partial charge in [0.2, 0.25) is 5.91 Å². The zero-order valence-corrected chi connectivity index (χ0v) is 11.6. The van der Waals surface area contributed by atoms with E-state index in [9.17, 15) is 22.8 Å². The maximum atomic E-state index is 12.5. The van der Waals surface area contributed by atoms with Gasteiger partial charge in [-0.05, 0) is 24.3 Å². The number of rotatable bonds is 1. The van der Waals surface area contributed by atoms with Gasteiger partial charge in [-0.2, -0.15) is 13.2 Å². The SMILES string of the molecule is O=C1CN(C(=O)c2ccc(C(F)(F)F)nc2)c2ccccc2N1. The van der Waals surface area contributed by atoms with Crippen molar-refractivity contribution in [2.24, 2.45) is 0 Å². The number of carbonyl (C=O) groups is 2. The molecule has 118 valence electrons. The number of amides is 2. The van der Waals surface area contributed by atoms with Crippen LogP contribution in [0.15, 0.2) is 42.6 Å². The van der Waals surface area contributed by atoms with Gasteiger partial charge in [-0.3, -0.25) is 19.5 Å². The van der Waals surface area contributed by atoms with E-state index < -0.39 is 17.8 Å². The van der Waals surface area contributed by atoms with Crippen molar-refractivity contribution < 1.29 is 22.8 Å². The van der Waals surface area contributed by atoms with E-state index in [-0.39, 0.29) is 18.0 Å². The first-order chi connectivity index (χ1) is 10.9. The second-order valence-corrected chi connectivity index (χ2v) is 4.89. The Kier molecular flexibility index (Phi) is 3.51. The minimum Gasteiger partial charge on any atom is -0.323 e. The first kappa shape index (κ1) is 15.0. The Morgan fingerprint density at radius 2 is 1.91 bits per heavy atom. The molecule has 0 spiro atoms. The van der Waals surface area contributed by atoms with Crippen LogP contribution >= 0.6 is 0 Å². The van der Waals surface area contributed by atoms with Crippen LogP contribution in [0.4, 0.5) is 24.5 Å². The number of benzene rings is 1. The van der Waals surface area contributed by atoms with Crippen molar-refractivity contribution in [2.45, 2.75) is 6.18 Å². The number of carbonyl (C=O) groups excluding carboxylic acids is 2. The molecule has 2 amide bonds. The summed E-state index contributed by atoms with van der Waals surface area (Å²) in [5.41, 5.74) is -0.151. The van der Waals surface area contributed by atoms with E-state index in [2.05, 4.69) is 10.3 Å². The molecule has 1 aromatic carbocycles. The number of hydrogen-bond donors (Lipinski definition) is 1. The highest BCUT2D eigenvalue weighted by molar-refractivity contribution is 6.15. The molecule has 3 rings (SSSR count). The van der Waals surface area contributed by atoms with Gasteiger partial charge in [-0.25, -0.2) is 0 Å². The molecule has 1 aliphatic heterocycles. The first-order valence-electron chi connectivity index (χ1n) is 6.60. The van der Waals surface area contributed by atoms with Gasteiger partial charge in [0.15, 0.2) is 0 Å². The lowest BCUT2D eigenvalue weighted by Gasteiger charge is -2.29. The van der Waals surface area contributed by atoms with Gasteiger partial charge in [-0.1, -0.05) is 12.1 Å². The van der Waals surface area contributed by atoms with Crippen LogP contribution in [0.3, 0.4) is 0 Å². The lowest BCUT2D eigenvalue weighted by Crippen LogP contribution is -2.42. The number of anilines is 2. The van der Waals surface area contributed by atoms with Gasteiger partial charge >= 0.3 is 6.18 Å². The summed E-state index contributed by atoms with van der Waals surface area (Å²) in [7, 11) is 0. The molecule has 0 fully saturated rings. The van der Waals surface area contributed by atoms with Crippen LogP contribution < -0.4 is 10.2 Å². The number of nitrogens with zero attached hydrogens (tertiary/aromatic N) is 2. The largest absolute Gasteiger partial charge is 0.433 e. The van der Waals surface area contributed by atoms with Crippen LogP contribution in [0, 0.1) is 0 Å². The molecule has 0 saturated carbocycles. The number of aromatic nitrogens is 1. The van der Waals surface area contributed by atoms with Crippen molar-refractivity contribution in [3.8, 4) is 0 Å². The molecular weight excluding hydrogens is 311 g/mol. The van der Waals surface area contributed by atoms with Crippen LogP contribution in [-0.2, 0) is 11.0 Å². The molecule has 0 atom stereocenters. The second kappa shape index (κ2) is 5.38. The van der Waals surface area contributed by atoms with Crippen LogP contribution in [0.5, 0.6) is 0 Å². The third kappa shape index (κ3) is 2.87. The predicted octanol–water partition coefficient (Wildman–Crippen LogP) is 2.70. The second-order valence-electron chi connectivity index (χ2n) is 4.89. The van der Waals surface area contributed by atoms with Gasteiger partial charge in [0.05, 0.1) is 16.9 Å². The van der Waals surface area contributed by atoms with E-state index in [1.54, 1.807) is 24.3 Å². The maximum Gasteiger partial charge on any atom is 0.433 e. The molecule has 0 bridgehead atoms. The third-order valence-electron chi connectivity index (χ3n) is 3.32. The van der Waals surface area contributed by atoms with E-state index in [1.165, 1.54) is 4.90 Å². The zero-order valence-electron chi connectivity index (χ0n) is 11.6. The number of pyridine rings is 1. The number of fused-ring (bicyclic) bond motifs is 1. The van der Waals surface area contributed by atoms with Gasteiger partial charge in [0.25, 0.3) is 5.91 Å². The molecule has 0 aliphatic carbocycles. The molecule has 2 heterocycles. The minimum absolute atomic E-state index is 0.0255. The standard InChI is InChI=1S/C15H10F3N3O2/c16-15(17,18)12-6-5-9(7-19-12)14(23)21-8-13(22)20-10-3-1-2-4-11(10)21/h1-7H,8H2,(H,20,22). The van der Waals surface area contributed by atoms with E-state index in [0.717, 1.165) is 18.3 Å². The average Bonchev–Trinajstić information content (AvgIpc) is 2.52. The fraction of sp³-hybridized carbons (Fsp3) is 0.133. The van der Waals surface area contributed by atoms with E-state index in [1.807, 2.05) is 0 Å². The van der Waals surface area contributed by atoms with Crippen molar-refractivity contribution >= 4 is 23.2 Å². The normalized spacial score (nSPS) is 14.2. The molecule has 2 aromatic rings. The van der Waals surface area contributed by atoms with Gasteiger partial charge in [-0.15, -0.1) is 0 Å². The number of halogens is 3. The fourth-order valence-electron chi connectivity index (χ4n) is 2.26. The summed E-state index contributed by atoms with van der Waals surface area (Å²) >= 11 is 0. The van der Waals surface area contributed by atoms with Crippen molar-refractivity contribution in [1.29, 1.82) is 0 Å². The van der Waals surface area contributed by atoms with Crippen molar-refractivity contribution in [3.05, 3.63) is 53.9 Å². The van der Waals surface area contributed by atoms with Gasteiger partial charge < -0.3 is 5.32 Å². The summed E-state index contributed by atoms with van der Waals surface area (Å²) in [4.78, 5) is 28.7. The van der Waals surface area contributed by atoms with Gasteiger partial charge in [0.1, 0.15) is 12.2 Å². The topological polar surface area (TPSA) is 62.3 Å². The molecule has 0 unspecified atom stereocenters. The molecule has 8 heteroatoms. The molecule has 1 N–H and O–H groups in total. The summed E-state index contributed by atoms with van der Waals surface area (Å²) in [6.45, 7) is -0.211. The highest BCUT2D eigenvalue weighted by Gasteiger charge is 2.33. The van der Waals surface area contributed by atoms with Crippen LogP contribution in [0.1, 0.15) is 16.1 Å². The Balaban J connectivity index is 1.93. The van der Waals surface area contributed by atoms with Gasteiger partial charge in [0, 0.05) is 6.20 Å². The van der Waals surface area contributed by atoms with Crippen molar-refractivity contribution in [2.75, 3.05) is 16.8 Å². The number of para-hydroxylation sites is 2. The maximum absolute atomic E-state index is 12.5. The average molecular weight is 321 g/mol. The van der Waals surface area contributed by atoms with E-state index >= 15 is 0 Å². The van der Waals surface area contributed by atoms with Crippen molar-refractivity contribution in [1.82, 2.24) is 4.98 Å². The monoisotopic (exact) mass is 321 g/mol. The Hall–Kier alpha value is -2.90. The quantitative estimate of drug-likeness (QED) is 0.878. The number of alkyl halides is 3. The molecule has 23 heavy (non-hydrogen) atoms. The van der Waals surface area contributed by atoms with E-state index in [4.69, 9.17) is 0 Å². The Morgan fingerprint density at radius 3 is 2.57 bits per heavy atom. The fourth-order valence-corrected chi connectivity index (χ4v) is 2.26. The summed E-state index contributed by atoms with van der Waals surface area (Å²) in [6, 6.07) is 8.46. The van der Waals surface area contributed by atoms with Crippen molar-refractivity contribution in [3.63, 3.8) is 0 Å². The molecule has 1 aromatic heterocycles. The summed E-state index contributed by atoms with van der Waals surface area (Å²) < 4.78 is 37.5. The Bertz CT molecular complexity index is 772. The lowest BCUT2D eigenvalue weighted by molar-refractivity contribution is -0.141. The highest BCUT2D eigenvalue weighted by Crippen LogP contribution is 2.31. The molecule has 1 aliphatic rings. The molecule has 5 nitrogen and oxygen atoms in total. The number of hydrogen-bond acceptors (Lipinski definition) is 3. The zero-order chi connectivity index (χ0) is 16.6. The smallest absolute Gasteiger partial charge is 0.323 e. The predicted molar refractivity (Wildman–Crippen MR) is 76.0 cm³/mol. The Morgan fingerprint density at radius 1 is 1.17 bits per heavy atom. The molecule has 0 radical (unpaired) electrons. The Labute approximate surface area is 128 Å². The summed E-state index contributed by atoms with van der Waals surface area (Å²) in [5, 5.41) is 2.63. The summed E-state index contributed by atoms with van der Waals surface area (Å²) in [5.74, 6) is -0.967. The minimum atomic E-state index is -4.57. The lowest BCUT2D eigenvalue weighted by atomic mass is 10.1. The number of nitrogens with one attached hydrogen (secondary N) is 1. The molecule has 0 saturated heterocycles.